The number of benzene rings is 1. The van der Waals surface area contributed by atoms with Crippen LogP contribution in [0, 0.1) is 11.8 Å². The number of hydrogen-bond acceptors (Lipinski definition) is 5. The molecule has 0 spiro atoms. The molecule has 0 saturated carbocycles. The molecule has 1 fully saturated rings. The van der Waals surface area contributed by atoms with Gasteiger partial charge in [0.2, 0.25) is 0 Å². The number of carboxylic acids is 1. The SMILES string of the molecule is COc1ccc2nccc(CCC[C@@H]3CCN(CCCCc4ccoc4)C[C@@H]3CC(=O)O)c2c1. The Hall–Kier alpha value is -2.86. The number of aromatic nitrogens is 1. The van der Waals surface area contributed by atoms with Crippen LogP contribution in [0.15, 0.2) is 53.5 Å². The van der Waals surface area contributed by atoms with Crippen molar-refractivity contribution in [1.29, 1.82) is 0 Å². The van der Waals surface area contributed by atoms with Crippen LogP contribution < -0.4 is 4.74 Å². The number of fused-ring (bicyclic) bond motifs is 1. The Morgan fingerprint density at radius 1 is 1.18 bits per heavy atom. The molecule has 0 unspecified atom stereocenters. The summed E-state index contributed by atoms with van der Waals surface area (Å²) >= 11 is 0. The molecule has 1 N–H and O–H groups in total. The van der Waals surface area contributed by atoms with Crippen molar-refractivity contribution in [3.8, 4) is 5.75 Å². The number of piperidine rings is 1. The second-order valence-corrected chi connectivity index (χ2v) is 9.54. The maximum absolute atomic E-state index is 11.6. The first-order valence-electron chi connectivity index (χ1n) is 12.5. The van der Waals surface area contributed by atoms with E-state index < -0.39 is 5.97 Å². The van der Waals surface area contributed by atoms with Gasteiger partial charge in [-0.15, -0.1) is 0 Å². The highest BCUT2D eigenvalue weighted by Gasteiger charge is 2.30. The van der Waals surface area contributed by atoms with Crippen molar-refractivity contribution < 1.29 is 19.1 Å². The second kappa shape index (κ2) is 12.0. The maximum Gasteiger partial charge on any atom is 0.303 e. The first-order chi connectivity index (χ1) is 16.6. The summed E-state index contributed by atoms with van der Waals surface area (Å²) in [6, 6.07) is 10.1. The lowest BCUT2D eigenvalue weighted by Crippen LogP contribution is -2.41. The molecule has 1 aliphatic rings. The quantitative estimate of drug-likeness (QED) is 0.352. The Morgan fingerprint density at radius 3 is 2.88 bits per heavy atom. The van der Waals surface area contributed by atoms with Gasteiger partial charge in [0.1, 0.15) is 5.75 Å². The number of likely N-dealkylation sites (tertiary alicyclic amines) is 1. The molecule has 6 heteroatoms. The molecular weight excluding hydrogens is 428 g/mol. The number of carbonyl (C=O) groups is 1. The van der Waals surface area contributed by atoms with E-state index >= 15 is 0 Å². The van der Waals surface area contributed by atoms with Crippen LogP contribution >= 0.6 is 0 Å². The molecular formula is C28H36N2O4. The van der Waals surface area contributed by atoms with Crippen LogP contribution in [0.25, 0.3) is 10.9 Å². The summed E-state index contributed by atoms with van der Waals surface area (Å²) in [5.74, 6) is 0.875. The van der Waals surface area contributed by atoms with E-state index in [2.05, 4.69) is 22.0 Å². The minimum absolute atomic E-state index is 0.231. The Labute approximate surface area is 201 Å². The van der Waals surface area contributed by atoms with Crippen molar-refractivity contribution >= 4 is 16.9 Å². The number of unbranched alkanes of at least 4 members (excludes halogenated alkanes) is 1. The van der Waals surface area contributed by atoms with E-state index in [4.69, 9.17) is 9.15 Å². The number of ether oxygens (including phenoxy) is 1. The predicted molar refractivity (Wildman–Crippen MR) is 133 cm³/mol. The highest BCUT2D eigenvalue weighted by Crippen LogP contribution is 2.32. The largest absolute Gasteiger partial charge is 0.497 e. The number of methoxy groups -OCH3 is 1. The number of aryl methyl sites for hydroxylation is 2. The highest BCUT2D eigenvalue weighted by molar-refractivity contribution is 5.83. The van der Waals surface area contributed by atoms with Gasteiger partial charge >= 0.3 is 5.97 Å². The molecule has 3 aromatic rings. The normalized spacial score (nSPS) is 18.9. The summed E-state index contributed by atoms with van der Waals surface area (Å²) < 4.78 is 10.5. The van der Waals surface area contributed by atoms with E-state index in [1.807, 2.05) is 30.7 Å². The van der Waals surface area contributed by atoms with Crippen LogP contribution in [0.3, 0.4) is 0 Å². The third kappa shape index (κ3) is 6.60. The maximum atomic E-state index is 11.6. The zero-order valence-electron chi connectivity index (χ0n) is 20.1. The van der Waals surface area contributed by atoms with Crippen molar-refractivity contribution in [3.63, 3.8) is 0 Å². The van der Waals surface area contributed by atoms with E-state index in [9.17, 15) is 9.90 Å². The third-order valence-electron chi connectivity index (χ3n) is 7.24. The lowest BCUT2D eigenvalue weighted by Gasteiger charge is -2.38. The topological polar surface area (TPSA) is 75.8 Å². The van der Waals surface area contributed by atoms with Crippen LogP contribution in [0.1, 0.15) is 49.7 Å². The van der Waals surface area contributed by atoms with Crippen molar-refractivity contribution in [1.82, 2.24) is 9.88 Å². The minimum Gasteiger partial charge on any atom is -0.497 e. The summed E-state index contributed by atoms with van der Waals surface area (Å²) in [5.41, 5.74) is 3.53. The van der Waals surface area contributed by atoms with Crippen molar-refractivity contribution in [2.45, 2.75) is 51.4 Å². The Bertz CT molecular complexity index is 1050. The number of pyridine rings is 1. The summed E-state index contributed by atoms with van der Waals surface area (Å²) in [4.78, 5) is 18.5. The fourth-order valence-corrected chi connectivity index (χ4v) is 5.38. The molecule has 1 aromatic carbocycles. The molecule has 2 aromatic heterocycles. The van der Waals surface area contributed by atoms with Crippen LogP contribution in [0.4, 0.5) is 0 Å². The molecule has 1 aliphatic heterocycles. The molecule has 6 nitrogen and oxygen atoms in total. The average Bonchev–Trinajstić information content (AvgIpc) is 3.36. The van der Waals surface area contributed by atoms with Gasteiger partial charge in [0.05, 0.1) is 25.2 Å². The number of hydrogen-bond donors (Lipinski definition) is 1. The van der Waals surface area contributed by atoms with Gasteiger partial charge in [-0.1, -0.05) is 0 Å². The summed E-state index contributed by atoms with van der Waals surface area (Å²) in [7, 11) is 1.69. The van der Waals surface area contributed by atoms with E-state index in [1.165, 1.54) is 11.1 Å². The Balaban J connectivity index is 1.28. The van der Waals surface area contributed by atoms with E-state index in [-0.39, 0.29) is 12.3 Å². The molecule has 0 bridgehead atoms. The van der Waals surface area contributed by atoms with E-state index in [0.29, 0.717) is 5.92 Å². The minimum atomic E-state index is -0.677. The summed E-state index contributed by atoms with van der Waals surface area (Å²) in [6.45, 7) is 3.02. The molecule has 182 valence electrons. The van der Waals surface area contributed by atoms with Gasteiger partial charge in [-0.05, 0) is 111 Å². The van der Waals surface area contributed by atoms with Crippen LogP contribution in [0.2, 0.25) is 0 Å². The zero-order chi connectivity index (χ0) is 23.8. The number of nitrogens with zero attached hydrogens (tertiary/aromatic N) is 2. The number of rotatable bonds is 12. The summed E-state index contributed by atoms with van der Waals surface area (Å²) in [6.07, 6.45) is 13.2. The molecule has 4 rings (SSSR count). The fraction of sp³-hybridized carbons (Fsp3) is 0.500. The second-order valence-electron chi connectivity index (χ2n) is 9.54. The van der Waals surface area contributed by atoms with Gasteiger partial charge in [0, 0.05) is 24.5 Å². The monoisotopic (exact) mass is 464 g/mol. The molecule has 3 heterocycles. The lowest BCUT2D eigenvalue weighted by atomic mass is 9.79. The number of furan rings is 1. The Kier molecular flexibility index (Phi) is 8.58. The zero-order valence-corrected chi connectivity index (χ0v) is 20.1. The van der Waals surface area contributed by atoms with Crippen LogP contribution in [0.5, 0.6) is 5.75 Å². The first kappa shape index (κ1) is 24.3. The smallest absolute Gasteiger partial charge is 0.303 e. The van der Waals surface area contributed by atoms with Crippen LogP contribution in [-0.2, 0) is 17.6 Å². The van der Waals surface area contributed by atoms with E-state index in [1.54, 1.807) is 13.4 Å². The number of carboxylic acid groups (broad SMARTS) is 1. The van der Waals surface area contributed by atoms with Crippen molar-refractivity contribution in [2.75, 3.05) is 26.7 Å². The lowest BCUT2D eigenvalue weighted by molar-refractivity contribution is -0.139. The Morgan fingerprint density at radius 2 is 2.09 bits per heavy atom. The van der Waals surface area contributed by atoms with Crippen molar-refractivity contribution in [2.24, 2.45) is 11.8 Å². The van der Waals surface area contributed by atoms with Crippen LogP contribution in [-0.4, -0.2) is 47.7 Å². The average molecular weight is 465 g/mol. The van der Waals surface area contributed by atoms with Crippen molar-refractivity contribution in [3.05, 3.63) is 60.2 Å². The fourth-order valence-electron chi connectivity index (χ4n) is 5.38. The van der Waals surface area contributed by atoms with Gasteiger partial charge < -0.3 is 19.2 Å². The predicted octanol–water partition coefficient (Wildman–Crippen LogP) is 5.59. The highest BCUT2D eigenvalue weighted by atomic mass is 16.5. The molecule has 2 atom stereocenters. The van der Waals surface area contributed by atoms with Gasteiger partial charge in [-0.3, -0.25) is 9.78 Å². The van der Waals surface area contributed by atoms with Gasteiger partial charge in [-0.25, -0.2) is 0 Å². The first-order valence-corrected chi connectivity index (χ1v) is 12.5. The molecule has 0 aliphatic carbocycles. The standard InChI is InChI=1S/C28H36N2O4/c1-33-25-8-9-27-26(18-25)23(10-13-29-27)7-4-6-22-11-15-30(19-24(22)17-28(31)32)14-3-2-5-21-12-16-34-20-21/h8-10,12-13,16,18,20,22,24H,2-7,11,14-15,17,19H2,1H3,(H,31,32)/t22-,24+/m1/s1. The third-order valence-corrected chi connectivity index (χ3v) is 7.24. The van der Waals surface area contributed by atoms with E-state index in [0.717, 1.165) is 81.2 Å². The molecule has 0 amide bonds. The molecule has 1 saturated heterocycles. The molecule has 0 radical (unpaired) electrons. The summed E-state index contributed by atoms with van der Waals surface area (Å²) in [5, 5.41) is 10.7. The van der Waals surface area contributed by atoms with Gasteiger partial charge in [0.15, 0.2) is 0 Å². The van der Waals surface area contributed by atoms with Gasteiger partial charge in [0.25, 0.3) is 0 Å². The molecule has 34 heavy (non-hydrogen) atoms. The van der Waals surface area contributed by atoms with Gasteiger partial charge in [-0.2, -0.15) is 0 Å². The number of aliphatic carboxylic acids is 1.